The van der Waals surface area contributed by atoms with Gasteiger partial charge in [0.05, 0.1) is 11.9 Å². The van der Waals surface area contributed by atoms with E-state index in [0.717, 1.165) is 49.4 Å². The van der Waals surface area contributed by atoms with Crippen LogP contribution in [-0.4, -0.2) is 51.8 Å². The summed E-state index contributed by atoms with van der Waals surface area (Å²) in [6.07, 6.45) is 6.88. The summed E-state index contributed by atoms with van der Waals surface area (Å²) < 4.78 is 1.83. The Kier molecular flexibility index (Phi) is 4.56. The zero-order valence-electron chi connectivity index (χ0n) is 15.0. The monoisotopic (exact) mass is 349 g/mol. The van der Waals surface area contributed by atoms with Gasteiger partial charge < -0.3 is 9.80 Å². The van der Waals surface area contributed by atoms with E-state index in [1.54, 1.807) is 6.20 Å². The SMILES string of the molecule is Cn1nccc1CCC(=O)N1CCN(c2cncc3ccccc23)CC1. The molecule has 0 unspecified atom stereocenters. The van der Waals surface area contributed by atoms with Gasteiger partial charge in [0.25, 0.3) is 0 Å². The number of amides is 1. The van der Waals surface area contributed by atoms with Gasteiger partial charge in [-0.25, -0.2) is 0 Å². The molecule has 1 aromatic carbocycles. The average molecular weight is 349 g/mol. The lowest BCUT2D eigenvalue weighted by molar-refractivity contribution is -0.131. The number of piperazine rings is 1. The van der Waals surface area contributed by atoms with Gasteiger partial charge in [-0.3, -0.25) is 14.5 Å². The van der Waals surface area contributed by atoms with Gasteiger partial charge in [0.15, 0.2) is 0 Å². The molecule has 1 amide bonds. The fourth-order valence-electron chi connectivity index (χ4n) is 3.59. The van der Waals surface area contributed by atoms with Crippen molar-refractivity contribution in [2.24, 2.45) is 7.05 Å². The maximum absolute atomic E-state index is 12.5. The van der Waals surface area contributed by atoms with E-state index in [9.17, 15) is 4.79 Å². The molecule has 6 heteroatoms. The first kappa shape index (κ1) is 16.6. The molecule has 0 saturated carbocycles. The van der Waals surface area contributed by atoms with Gasteiger partial charge in [-0.1, -0.05) is 24.3 Å². The van der Waals surface area contributed by atoms with E-state index in [1.165, 1.54) is 5.39 Å². The number of pyridine rings is 1. The molecule has 1 aliphatic heterocycles. The summed E-state index contributed by atoms with van der Waals surface area (Å²) in [5.41, 5.74) is 2.25. The Morgan fingerprint density at radius 2 is 1.88 bits per heavy atom. The summed E-state index contributed by atoms with van der Waals surface area (Å²) in [5.74, 6) is 0.224. The van der Waals surface area contributed by atoms with Crippen LogP contribution in [0.1, 0.15) is 12.1 Å². The first-order chi connectivity index (χ1) is 12.7. The summed E-state index contributed by atoms with van der Waals surface area (Å²) in [7, 11) is 1.91. The van der Waals surface area contributed by atoms with Crippen LogP contribution in [0.15, 0.2) is 48.9 Å². The van der Waals surface area contributed by atoms with Crippen molar-refractivity contribution in [3.8, 4) is 0 Å². The number of hydrogen-bond acceptors (Lipinski definition) is 4. The predicted molar refractivity (Wildman–Crippen MR) is 102 cm³/mol. The van der Waals surface area contributed by atoms with E-state index < -0.39 is 0 Å². The Morgan fingerprint density at radius 1 is 1.08 bits per heavy atom. The van der Waals surface area contributed by atoms with E-state index >= 15 is 0 Å². The topological polar surface area (TPSA) is 54.3 Å². The van der Waals surface area contributed by atoms with Gasteiger partial charge in [0.1, 0.15) is 0 Å². The molecule has 0 N–H and O–H groups in total. The van der Waals surface area contributed by atoms with Gasteiger partial charge in [0.2, 0.25) is 5.91 Å². The third-order valence-corrected chi connectivity index (χ3v) is 5.14. The van der Waals surface area contributed by atoms with Crippen LogP contribution in [0.25, 0.3) is 10.8 Å². The molecule has 3 heterocycles. The largest absolute Gasteiger partial charge is 0.366 e. The minimum atomic E-state index is 0.224. The summed E-state index contributed by atoms with van der Waals surface area (Å²) in [6, 6.07) is 10.3. The standard InChI is InChI=1S/C20H23N5O/c1-23-17(8-9-22-23)6-7-20(26)25-12-10-24(11-13-25)19-15-21-14-16-4-2-3-5-18(16)19/h2-5,8-9,14-15H,6-7,10-13H2,1H3. The maximum Gasteiger partial charge on any atom is 0.223 e. The third-order valence-electron chi connectivity index (χ3n) is 5.14. The lowest BCUT2D eigenvalue weighted by Gasteiger charge is -2.36. The normalized spacial score (nSPS) is 14.8. The van der Waals surface area contributed by atoms with E-state index in [-0.39, 0.29) is 5.91 Å². The molecule has 0 atom stereocenters. The fraction of sp³-hybridized carbons (Fsp3) is 0.350. The summed E-state index contributed by atoms with van der Waals surface area (Å²) in [4.78, 5) is 21.2. The maximum atomic E-state index is 12.5. The van der Waals surface area contributed by atoms with Crippen LogP contribution in [0.4, 0.5) is 5.69 Å². The molecular formula is C20H23N5O. The van der Waals surface area contributed by atoms with Crippen molar-refractivity contribution in [2.75, 3.05) is 31.1 Å². The lowest BCUT2D eigenvalue weighted by Crippen LogP contribution is -2.49. The summed E-state index contributed by atoms with van der Waals surface area (Å²) in [5, 5.41) is 6.53. The second kappa shape index (κ2) is 7.15. The van der Waals surface area contributed by atoms with Crippen molar-refractivity contribution < 1.29 is 4.79 Å². The third kappa shape index (κ3) is 3.27. The number of anilines is 1. The van der Waals surface area contributed by atoms with Gasteiger partial charge in [-0.15, -0.1) is 0 Å². The zero-order chi connectivity index (χ0) is 17.9. The molecule has 1 saturated heterocycles. The van der Waals surface area contributed by atoms with Crippen LogP contribution in [-0.2, 0) is 18.3 Å². The molecular weight excluding hydrogens is 326 g/mol. The predicted octanol–water partition coefficient (Wildman–Crippen LogP) is 2.25. The van der Waals surface area contributed by atoms with E-state index in [4.69, 9.17) is 0 Å². The highest BCUT2D eigenvalue weighted by atomic mass is 16.2. The zero-order valence-corrected chi connectivity index (χ0v) is 15.0. The van der Waals surface area contributed by atoms with Gasteiger partial charge in [-0.2, -0.15) is 5.10 Å². The number of carbonyl (C=O) groups excluding carboxylic acids is 1. The minimum absolute atomic E-state index is 0.224. The van der Waals surface area contributed by atoms with E-state index in [2.05, 4.69) is 33.2 Å². The van der Waals surface area contributed by atoms with E-state index in [0.29, 0.717) is 6.42 Å². The fourth-order valence-corrected chi connectivity index (χ4v) is 3.59. The van der Waals surface area contributed by atoms with Crippen LogP contribution in [0.3, 0.4) is 0 Å². The molecule has 0 radical (unpaired) electrons. The first-order valence-corrected chi connectivity index (χ1v) is 9.05. The van der Waals surface area contributed by atoms with Crippen molar-refractivity contribution in [2.45, 2.75) is 12.8 Å². The molecule has 1 fully saturated rings. The molecule has 2 aromatic heterocycles. The Balaban J connectivity index is 1.38. The molecule has 0 spiro atoms. The number of aromatic nitrogens is 3. The Bertz CT molecular complexity index is 906. The second-order valence-electron chi connectivity index (χ2n) is 6.69. The van der Waals surface area contributed by atoms with Crippen molar-refractivity contribution in [1.29, 1.82) is 0 Å². The second-order valence-corrected chi connectivity index (χ2v) is 6.69. The number of hydrogen-bond donors (Lipinski definition) is 0. The molecule has 3 aromatic rings. The number of carbonyl (C=O) groups is 1. The Morgan fingerprint density at radius 3 is 2.65 bits per heavy atom. The van der Waals surface area contributed by atoms with Crippen molar-refractivity contribution in [1.82, 2.24) is 19.7 Å². The number of rotatable bonds is 4. The van der Waals surface area contributed by atoms with Crippen molar-refractivity contribution >= 4 is 22.4 Å². The smallest absolute Gasteiger partial charge is 0.223 e. The number of benzene rings is 1. The van der Waals surface area contributed by atoms with Gasteiger partial charge in [0, 0.05) is 68.5 Å². The van der Waals surface area contributed by atoms with Gasteiger partial charge >= 0.3 is 0 Å². The van der Waals surface area contributed by atoms with Crippen molar-refractivity contribution in [3.63, 3.8) is 0 Å². The number of nitrogens with zero attached hydrogens (tertiary/aromatic N) is 5. The molecule has 134 valence electrons. The highest BCUT2D eigenvalue weighted by Gasteiger charge is 2.22. The summed E-state index contributed by atoms with van der Waals surface area (Å²) >= 11 is 0. The van der Waals surface area contributed by atoms with Crippen LogP contribution in [0, 0.1) is 0 Å². The highest BCUT2D eigenvalue weighted by Crippen LogP contribution is 2.26. The molecule has 4 rings (SSSR count). The Hall–Kier alpha value is -2.89. The molecule has 1 aliphatic rings. The molecule has 0 bridgehead atoms. The highest BCUT2D eigenvalue weighted by molar-refractivity contribution is 5.93. The lowest BCUT2D eigenvalue weighted by atomic mass is 10.1. The number of fused-ring (bicyclic) bond motifs is 1. The Labute approximate surface area is 153 Å². The minimum Gasteiger partial charge on any atom is -0.366 e. The van der Waals surface area contributed by atoms with Crippen LogP contribution >= 0.6 is 0 Å². The van der Waals surface area contributed by atoms with Crippen molar-refractivity contribution in [3.05, 3.63) is 54.6 Å². The van der Waals surface area contributed by atoms with Crippen LogP contribution in [0.2, 0.25) is 0 Å². The van der Waals surface area contributed by atoms with Crippen LogP contribution < -0.4 is 4.90 Å². The first-order valence-electron chi connectivity index (χ1n) is 9.05. The molecule has 6 nitrogen and oxygen atoms in total. The van der Waals surface area contributed by atoms with Crippen LogP contribution in [0.5, 0.6) is 0 Å². The quantitative estimate of drug-likeness (QED) is 0.725. The summed E-state index contributed by atoms with van der Waals surface area (Å²) in [6.45, 7) is 3.20. The molecule has 0 aliphatic carbocycles. The number of aryl methyl sites for hydroxylation is 2. The van der Waals surface area contributed by atoms with E-state index in [1.807, 2.05) is 41.2 Å². The molecule has 26 heavy (non-hydrogen) atoms. The van der Waals surface area contributed by atoms with Gasteiger partial charge in [-0.05, 0) is 12.5 Å². The average Bonchev–Trinajstić information content (AvgIpc) is 3.10.